The van der Waals surface area contributed by atoms with Gasteiger partial charge in [0, 0.05) is 6.61 Å². The zero-order valence-corrected chi connectivity index (χ0v) is 11.1. The van der Waals surface area contributed by atoms with Crippen molar-refractivity contribution in [3.8, 4) is 0 Å². The highest BCUT2D eigenvalue weighted by molar-refractivity contribution is 5.26. The highest BCUT2D eigenvalue weighted by Crippen LogP contribution is 2.40. The molecule has 2 atom stereocenters. The van der Waals surface area contributed by atoms with E-state index in [9.17, 15) is 0 Å². The fourth-order valence-electron chi connectivity index (χ4n) is 2.51. The summed E-state index contributed by atoms with van der Waals surface area (Å²) in [7, 11) is 2.03. The molecule has 0 radical (unpaired) electrons. The highest BCUT2D eigenvalue weighted by Gasteiger charge is 2.37. The van der Waals surface area contributed by atoms with Crippen molar-refractivity contribution in [2.24, 2.45) is 5.92 Å². The molecule has 2 heteroatoms. The van der Waals surface area contributed by atoms with Crippen LogP contribution in [0.3, 0.4) is 0 Å². The van der Waals surface area contributed by atoms with Gasteiger partial charge in [0.15, 0.2) is 0 Å². The number of likely N-dealkylation sites (N-methyl/N-ethyl adjacent to an activating group) is 1. The van der Waals surface area contributed by atoms with Crippen LogP contribution in [0.5, 0.6) is 0 Å². The summed E-state index contributed by atoms with van der Waals surface area (Å²) in [5, 5.41) is 3.43. The first-order chi connectivity index (χ1) is 8.26. The van der Waals surface area contributed by atoms with Crippen LogP contribution in [0.25, 0.3) is 0 Å². The molecule has 1 aliphatic carbocycles. The van der Waals surface area contributed by atoms with Gasteiger partial charge in [0.05, 0.1) is 12.1 Å². The molecule has 94 valence electrons. The van der Waals surface area contributed by atoms with Crippen molar-refractivity contribution in [1.82, 2.24) is 5.32 Å². The molecule has 0 bridgehead atoms. The van der Waals surface area contributed by atoms with E-state index in [-0.39, 0.29) is 0 Å². The number of hydrogen-bond donors (Lipinski definition) is 1. The average Bonchev–Trinajstić information content (AvgIpc) is 3.13. The zero-order valence-electron chi connectivity index (χ0n) is 11.1. The zero-order chi connectivity index (χ0) is 12.3. The first kappa shape index (κ1) is 12.6. The summed E-state index contributed by atoms with van der Waals surface area (Å²) >= 11 is 0. The highest BCUT2D eigenvalue weighted by atomic mass is 16.5. The minimum Gasteiger partial charge on any atom is -0.376 e. The Morgan fingerprint density at radius 1 is 1.41 bits per heavy atom. The van der Waals surface area contributed by atoms with Crippen molar-refractivity contribution < 1.29 is 4.74 Å². The monoisotopic (exact) mass is 233 g/mol. The van der Waals surface area contributed by atoms with E-state index in [1.54, 1.807) is 0 Å². The van der Waals surface area contributed by atoms with E-state index >= 15 is 0 Å². The summed E-state index contributed by atoms with van der Waals surface area (Å²) < 4.78 is 5.95. The topological polar surface area (TPSA) is 21.3 Å². The lowest BCUT2D eigenvalue weighted by atomic mass is 9.97. The molecule has 1 aromatic carbocycles. The Kier molecular flexibility index (Phi) is 4.19. The molecule has 0 amide bonds. The maximum Gasteiger partial charge on any atom is 0.0797 e. The predicted molar refractivity (Wildman–Crippen MR) is 71.1 cm³/mol. The van der Waals surface area contributed by atoms with Crippen LogP contribution in [0, 0.1) is 12.8 Å². The van der Waals surface area contributed by atoms with Gasteiger partial charge in [0.2, 0.25) is 0 Å². The summed E-state index contributed by atoms with van der Waals surface area (Å²) in [5.74, 6) is 0.743. The molecule has 1 fully saturated rings. The van der Waals surface area contributed by atoms with E-state index in [0.29, 0.717) is 12.1 Å². The van der Waals surface area contributed by atoms with Crippen molar-refractivity contribution in [3.05, 3.63) is 35.4 Å². The average molecular weight is 233 g/mol. The molecule has 0 heterocycles. The van der Waals surface area contributed by atoms with Crippen LogP contribution in [-0.4, -0.2) is 19.8 Å². The van der Waals surface area contributed by atoms with Crippen LogP contribution in [0.1, 0.15) is 36.9 Å². The van der Waals surface area contributed by atoms with Gasteiger partial charge in [-0.1, -0.05) is 29.8 Å². The maximum atomic E-state index is 5.95. The van der Waals surface area contributed by atoms with Crippen LogP contribution in [-0.2, 0) is 4.74 Å². The van der Waals surface area contributed by atoms with Crippen molar-refractivity contribution in [2.45, 2.75) is 38.8 Å². The molecule has 0 aliphatic heterocycles. The van der Waals surface area contributed by atoms with E-state index in [0.717, 1.165) is 12.5 Å². The Morgan fingerprint density at radius 3 is 2.71 bits per heavy atom. The molecule has 1 aliphatic rings. The smallest absolute Gasteiger partial charge is 0.0797 e. The first-order valence-electron chi connectivity index (χ1n) is 6.61. The van der Waals surface area contributed by atoms with Gasteiger partial charge in [0.25, 0.3) is 0 Å². The summed E-state index contributed by atoms with van der Waals surface area (Å²) in [4.78, 5) is 0. The Balaban J connectivity index is 2.18. The number of ether oxygens (including phenoxy) is 1. The van der Waals surface area contributed by atoms with Crippen molar-refractivity contribution in [3.63, 3.8) is 0 Å². The third kappa shape index (κ3) is 3.08. The van der Waals surface area contributed by atoms with Gasteiger partial charge >= 0.3 is 0 Å². The van der Waals surface area contributed by atoms with Gasteiger partial charge in [0.1, 0.15) is 0 Å². The lowest BCUT2D eigenvalue weighted by Gasteiger charge is -2.27. The van der Waals surface area contributed by atoms with Crippen molar-refractivity contribution in [2.75, 3.05) is 13.7 Å². The first-order valence-corrected chi connectivity index (χ1v) is 6.61. The Hall–Kier alpha value is -0.860. The molecule has 1 aromatic rings. The molecule has 2 rings (SSSR count). The second kappa shape index (κ2) is 5.65. The predicted octanol–water partition coefficient (Wildman–Crippen LogP) is 3.07. The molecule has 0 aromatic heterocycles. The SMILES string of the molecule is CCOC(C1CC1)C(NC)c1cccc(C)c1. The second-order valence-corrected chi connectivity index (χ2v) is 4.94. The lowest BCUT2D eigenvalue weighted by molar-refractivity contribution is 0.0204. The Bertz CT molecular complexity index is 360. The summed E-state index contributed by atoms with van der Waals surface area (Å²) in [6.07, 6.45) is 2.95. The minimum absolute atomic E-state index is 0.322. The second-order valence-electron chi connectivity index (χ2n) is 4.94. The molecule has 1 saturated carbocycles. The Morgan fingerprint density at radius 2 is 2.18 bits per heavy atom. The number of hydrogen-bond acceptors (Lipinski definition) is 2. The lowest BCUT2D eigenvalue weighted by Crippen LogP contribution is -2.33. The number of aryl methyl sites for hydroxylation is 1. The largest absolute Gasteiger partial charge is 0.376 e. The van der Waals surface area contributed by atoms with Crippen LogP contribution >= 0.6 is 0 Å². The van der Waals surface area contributed by atoms with Crippen LogP contribution in [0.4, 0.5) is 0 Å². The molecule has 0 saturated heterocycles. The van der Waals surface area contributed by atoms with E-state index in [1.165, 1.54) is 24.0 Å². The normalized spacial score (nSPS) is 19.0. The van der Waals surface area contributed by atoms with Gasteiger partial charge in [-0.25, -0.2) is 0 Å². The molecular weight excluding hydrogens is 210 g/mol. The molecule has 1 N–H and O–H groups in total. The van der Waals surface area contributed by atoms with Gasteiger partial charge in [-0.2, -0.15) is 0 Å². The van der Waals surface area contributed by atoms with E-state index in [4.69, 9.17) is 4.74 Å². The summed E-state index contributed by atoms with van der Waals surface area (Å²) in [5.41, 5.74) is 2.66. The third-order valence-electron chi connectivity index (χ3n) is 3.49. The molecule has 0 spiro atoms. The van der Waals surface area contributed by atoms with E-state index in [1.807, 2.05) is 7.05 Å². The van der Waals surface area contributed by atoms with Crippen molar-refractivity contribution >= 4 is 0 Å². The standard InChI is InChI=1S/C15H23NO/c1-4-17-15(12-8-9-12)14(16-3)13-7-5-6-11(2)10-13/h5-7,10,12,14-16H,4,8-9H2,1-3H3. The van der Waals surface area contributed by atoms with E-state index < -0.39 is 0 Å². The van der Waals surface area contributed by atoms with Crippen molar-refractivity contribution in [1.29, 1.82) is 0 Å². The molecule has 2 unspecified atom stereocenters. The molecule has 2 nitrogen and oxygen atoms in total. The number of nitrogens with one attached hydrogen (secondary N) is 1. The quantitative estimate of drug-likeness (QED) is 0.815. The molecular formula is C15H23NO. The minimum atomic E-state index is 0.322. The van der Waals surface area contributed by atoms with Crippen LogP contribution in [0.15, 0.2) is 24.3 Å². The number of benzene rings is 1. The maximum absolute atomic E-state index is 5.95. The fraction of sp³-hybridized carbons (Fsp3) is 0.600. The van der Waals surface area contributed by atoms with Gasteiger partial charge in [-0.05, 0) is 45.2 Å². The van der Waals surface area contributed by atoms with E-state index in [2.05, 4.69) is 43.4 Å². The fourth-order valence-corrected chi connectivity index (χ4v) is 2.51. The van der Waals surface area contributed by atoms with Gasteiger partial charge in [-0.3, -0.25) is 0 Å². The Labute approximate surface area is 104 Å². The van der Waals surface area contributed by atoms with Gasteiger partial charge in [-0.15, -0.1) is 0 Å². The van der Waals surface area contributed by atoms with Crippen LogP contribution < -0.4 is 5.32 Å². The molecule has 17 heavy (non-hydrogen) atoms. The summed E-state index contributed by atoms with van der Waals surface area (Å²) in [6.45, 7) is 5.02. The number of rotatable bonds is 6. The summed E-state index contributed by atoms with van der Waals surface area (Å²) in [6, 6.07) is 9.05. The third-order valence-corrected chi connectivity index (χ3v) is 3.49. The van der Waals surface area contributed by atoms with Crippen LogP contribution in [0.2, 0.25) is 0 Å². The van der Waals surface area contributed by atoms with Gasteiger partial charge < -0.3 is 10.1 Å².